The van der Waals surface area contributed by atoms with Gasteiger partial charge in [-0.2, -0.15) is 4.31 Å². The summed E-state index contributed by atoms with van der Waals surface area (Å²) in [4.78, 5) is 18.9. The Morgan fingerprint density at radius 3 is 2.47 bits per heavy atom. The van der Waals surface area contributed by atoms with E-state index in [9.17, 15) is 13.2 Å². The van der Waals surface area contributed by atoms with Crippen molar-refractivity contribution in [1.82, 2.24) is 14.1 Å². The minimum atomic E-state index is -3.63. The van der Waals surface area contributed by atoms with Crippen LogP contribution in [0.2, 0.25) is 0 Å². The third-order valence-electron chi connectivity index (χ3n) is 5.67. The van der Waals surface area contributed by atoms with Gasteiger partial charge < -0.3 is 9.64 Å². The predicted molar refractivity (Wildman–Crippen MR) is 116 cm³/mol. The van der Waals surface area contributed by atoms with Crippen LogP contribution in [0.1, 0.15) is 20.8 Å². The van der Waals surface area contributed by atoms with E-state index in [1.54, 1.807) is 29.5 Å². The average molecular weight is 450 g/mol. The van der Waals surface area contributed by atoms with Crippen molar-refractivity contribution < 1.29 is 17.9 Å². The Labute approximate surface area is 181 Å². The van der Waals surface area contributed by atoms with Gasteiger partial charge in [-0.05, 0) is 36.1 Å². The average Bonchev–Trinajstić information content (AvgIpc) is 3.28. The number of rotatable bonds is 5. The van der Waals surface area contributed by atoms with Crippen LogP contribution in [0.3, 0.4) is 0 Å². The molecule has 9 heteroatoms. The van der Waals surface area contributed by atoms with Gasteiger partial charge in [-0.1, -0.05) is 12.1 Å². The predicted octanol–water partition coefficient (Wildman–Crippen LogP) is 2.04. The van der Waals surface area contributed by atoms with Crippen molar-refractivity contribution in [3.8, 4) is 0 Å². The second-order valence-electron chi connectivity index (χ2n) is 7.64. The molecule has 2 aliphatic heterocycles. The summed E-state index contributed by atoms with van der Waals surface area (Å²) >= 11 is 1.75. The summed E-state index contributed by atoms with van der Waals surface area (Å²) < 4.78 is 32.7. The number of carbonyl (C=O) groups is 1. The molecule has 7 nitrogen and oxygen atoms in total. The van der Waals surface area contributed by atoms with Gasteiger partial charge in [0.25, 0.3) is 5.91 Å². The lowest BCUT2D eigenvalue weighted by Crippen LogP contribution is -2.48. The number of ether oxygens (including phenoxy) is 1. The van der Waals surface area contributed by atoms with Crippen molar-refractivity contribution >= 4 is 27.3 Å². The highest BCUT2D eigenvalue weighted by molar-refractivity contribution is 7.89. The first kappa shape index (κ1) is 21.5. The fourth-order valence-corrected chi connectivity index (χ4v) is 6.01. The second kappa shape index (κ2) is 9.15. The first-order valence-electron chi connectivity index (χ1n) is 10.2. The number of hydrogen-bond acceptors (Lipinski definition) is 6. The van der Waals surface area contributed by atoms with Crippen LogP contribution in [0, 0.1) is 6.92 Å². The molecule has 2 aliphatic rings. The Hall–Kier alpha value is -1.78. The Morgan fingerprint density at radius 1 is 1.07 bits per heavy atom. The maximum atomic E-state index is 13.2. The maximum absolute atomic E-state index is 13.2. The van der Waals surface area contributed by atoms with Gasteiger partial charge in [0, 0.05) is 56.3 Å². The number of sulfonamides is 1. The lowest BCUT2D eigenvalue weighted by molar-refractivity contribution is 0.0628. The van der Waals surface area contributed by atoms with Crippen LogP contribution >= 0.6 is 11.3 Å². The minimum Gasteiger partial charge on any atom is -0.379 e. The standard InChI is InChI=1S/C21H27N3O4S2/c1-17-4-5-19(30(26,27)24-10-12-28-13-11-24)15-20(17)21(25)23-8-6-22(7-9-23)16-18-3-2-14-29-18/h2-5,14-15H,6-13,16H2,1H3. The second-order valence-corrected chi connectivity index (χ2v) is 10.6. The Balaban J connectivity index is 1.46. The maximum Gasteiger partial charge on any atom is 0.254 e. The van der Waals surface area contributed by atoms with Crippen molar-refractivity contribution in [2.75, 3.05) is 52.5 Å². The van der Waals surface area contributed by atoms with E-state index in [2.05, 4.69) is 22.4 Å². The lowest BCUT2D eigenvalue weighted by atomic mass is 10.1. The molecule has 2 saturated heterocycles. The van der Waals surface area contributed by atoms with Crippen molar-refractivity contribution in [2.45, 2.75) is 18.4 Å². The summed E-state index contributed by atoms with van der Waals surface area (Å²) in [5, 5.41) is 2.08. The van der Waals surface area contributed by atoms with Crippen molar-refractivity contribution in [2.24, 2.45) is 0 Å². The molecule has 1 amide bonds. The molecule has 0 aliphatic carbocycles. The highest BCUT2D eigenvalue weighted by atomic mass is 32.2. The molecule has 0 radical (unpaired) electrons. The monoisotopic (exact) mass is 449 g/mol. The fraction of sp³-hybridized carbons (Fsp3) is 0.476. The third-order valence-corrected chi connectivity index (χ3v) is 8.42. The van der Waals surface area contributed by atoms with Crippen LogP contribution in [0.25, 0.3) is 0 Å². The molecule has 162 valence electrons. The molecule has 1 aromatic heterocycles. The van der Waals surface area contributed by atoms with Crippen molar-refractivity contribution in [3.05, 3.63) is 51.7 Å². The molecule has 0 saturated carbocycles. The SMILES string of the molecule is Cc1ccc(S(=O)(=O)N2CCOCC2)cc1C(=O)N1CCN(Cc2cccs2)CC1. The van der Waals surface area contributed by atoms with E-state index in [1.165, 1.54) is 9.18 Å². The van der Waals surface area contributed by atoms with Gasteiger partial charge >= 0.3 is 0 Å². The third kappa shape index (κ3) is 4.60. The van der Waals surface area contributed by atoms with Gasteiger partial charge in [-0.15, -0.1) is 11.3 Å². The Kier molecular flexibility index (Phi) is 6.54. The number of aryl methyl sites for hydroxylation is 1. The zero-order valence-electron chi connectivity index (χ0n) is 17.1. The number of benzene rings is 1. The van der Waals surface area contributed by atoms with Gasteiger partial charge in [-0.25, -0.2) is 8.42 Å². The zero-order chi connectivity index (χ0) is 21.1. The molecule has 3 heterocycles. The molecule has 4 rings (SSSR count). The Morgan fingerprint density at radius 2 is 1.80 bits per heavy atom. The molecule has 0 unspecified atom stereocenters. The van der Waals surface area contributed by atoms with Gasteiger partial charge in [-0.3, -0.25) is 9.69 Å². The van der Waals surface area contributed by atoms with Crippen molar-refractivity contribution in [1.29, 1.82) is 0 Å². The first-order valence-corrected chi connectivity index (χ1v) is 12.5. The Bertz CT molecular complexity index is 978. The highest BCUT2D eigenvalue weighted by Crippen LogP contribution is 2.22. The highest BCUT2D eigenvalue weighted by Gasteiger charge is 2.29. The van der Waals surface area contributed by atoms with E-state index in [1.807, 2.05) is 11.8 Å². The lowest BCUT2D eigenvalue weighted by Gasteiger charge is -2.35. The first-order chi connectivity index (χ1) is 14.4. The molecule has 0 bridgehead atoms. The molecule has 30 heavy (non-hydrogen) atoms. The summed E-state index contributed by atoms with van der Waals surface area (Å²) in [6.07, 6.45) is 0. The molecular formula is C21H27N3O4S2. The van der Waals surface area contributed by atoms with E-state index < -0.39 is 10.0 Å². The van der Waals surface area contributed by atoms with Gasteiger partial charge in [0.15, 0.2) is 0 Å². The van der Waals surface area contributed by atoms with Crippen LogP contribution in [0.15, 0.2) is 40.6 Å². The summed E-state index contributed by atoms with van der Waals surface area (Å²) in [6.45, 7) is 7.14. The summed E-state index contributed by atoms with van der Waals surface area (Å²) in [7, 11) is -3.63. The normalized spacial score (nSPS) is 19.2. The van der Waals surface area contributed by atoms with Crippen LogP contribution in [-0.2, 0) is 21.3 Å². The van der Waals surface area contributed by atoms with E-state index in [0.717, 1.165) is 25.2 Å². The van der Waals surface area contributed by atoms with E-state index in [4.69, 9.17) is 4.74 Å². The van der Waals surface area contributed by atoms with Crippen molar-refractivity contribution in [3.63, 3.8) is 0 Å². The summed E-state index contributed by atoms with van der Waals surface area (Å²) in [5.41, 5.74) is 1.26. The van der Waals surface area contributed by atoms with Crippen LogP contribution < -0.4 is 0 Å². The number of nitrogens with zero attached hydrogens (tertiary/aromatic N) is 3. The van der Waals surface area contributed by atoms with Gasteiger partial charge in [0.2, 0.25) is 10.0 Å². The van der Waals surface area contributed by atoms with E-state index >= 15 is 0 Å². The van der Waals surface area contributed by atoms with E-state index in [0.29, 0.717) is 45.0 Å². The number of piperazine rings is 1. The smallest absolute Gasteiger partial charge is 0.254 e. The topological polar surface area (TPSA) is 70.2 Å². The van der Waals surface area contributed by atoms with E-state index in [-0.39, 0.29) is 10.8 Å². The number of amides is 1. The van der Waals surface area contributed by atoms with Gasteiger partial charge in [0.05, 0.1) is 18.1 Å². The van der Waals surface area contributed by atoms with Crippen LogP contribution in [-0.4, -0.2) is 80.9 Å². The summed E-state index contributed by atoms with van der Waals surface area (Å²) in [6, 6.07) is 9.05. The fourth-order valence-electron chi connectivity index (χ4n) is 3.83. The molecule has 0 N–H and O–H groups in total. The molecule has 0 atom stereocenters. The largest absolute Gasteiger partial charge is 0.379 e. The van der Waals surface area contributed by atoms with Crippen LogP contribution in [0.5, 0.6) is 0 Å². The van der Waals surface area contributed by atoms with Gasteiger partial charge in [0.1, 0.15) is 0 Å². The molecule has 1 aromatic carbocycles. The molecule has 0 spiro atoms. The zero-order valence-corrected chi connectivity index (χ0v) is 18.8. The number of morpholine rings is 1. The molecule has 2 aromatic rings. The minimum absolute atomic E-state index is 0.0951. The molecule has 2 fully saturated rings. The molecular weight excluding hydrogens is 422 g/mol. The number of carbonyl (C=O) groups excluding carboxylic acids is 1. The van der Waals surface area contributed by atoms with Crippen LogP contribution in [0.4, 0.5) is 0 Å². The quantitative estimate of drug-likeness (QED) is 0.699. The number of hydrogen-bond donors (Lipinski definition) is 0. The number of thiophene rings is 1. The summed E-state index contributed by atoms with van der Waals surface area (Å²) in [5.74, 6) is -0.0951.